The van der Waals surface area contributed by atoms with Gasteiger partial charge in [-0.05, 0) is 24.1 Å². The Morgan fingerprint density at radius 2 is 1.92 bits per heavy atom. The lowest BCUT2D eigenvalue weighted by molar-refractivity contribution is -0.117. The monoisotopic (exact) mass is 354 g/mol. The Kier molecular flexibility index (Phi) is 4.85. The van der Waals surface area contributed by atoms with Crippen LogP contribution in [0.3, 0.4) is 0 Å². The molecule has 2 aromatic rings. The first-order valence-electron chi connectivity index (χ1n) is 8.98. The van der Waals surface area contributed by atoms with E-state index < -0.39 is 0 Å². The van der Waals surface area contributed by atoms with Crippen LogP contribution in [0.25, 0.3) is 0 Å². The van der Waals surface area contributed by atoms with E-state index in [9.17, 15) is 9.59 Å². The van der Waals surface area contributed by atoms with Crippen molar-refractivity contribution in [3.63, 3.8) is 0 Å². The molecule has 2 amide bonds. The molecule has 0 radical (unpaired) electrons. The molecular formula is C20H26N4O2. The number of carbonyl (C=O) groups is 2. The van der Waals surface area contributed by atoms with Crippen LogP contribution in [0, 0.1) is 0 Å². The average Bonchev–Trinajstić information content (AvgIpc) is 3.14. The molecule has 138 valence electrons. The smallest absolute Gasteiger partial charge is 0.229 e. The molecule has 1 aliphatic heterocycles. The number of anilines is 2. The number of nitrogens with zero attached hydrogens (tertiary/aromatic N) is 3. The van der Waals surface area contributed by atoms with Crippen molar-refractivity contribution in [1.29, 1.82) is 0 Å². The van der Waals surface area contributed by atoms with Crippen molar-refractivity contribution in [2.75, 3.05) is 16.8 Å². The van der Waals surface area contributed by atoms with Crippen LogP contribution in [0.2, 0.25) is 0 Å². The van der Waals surface area contributed by atoms with E-state index in [-0.39, 0.29) is 23.7 Å². The van der Waals surface area contributed by atoms with Crippen molar-refractivity contribution in [2.45, 2.75) is 45.4 Å². The van der Waals surface area contributed by atoms with E-state index in [0.29, 0.717) is 12.2 Å². The number of rotatable bonds is 4. The molecule has 6 nitrogen and oxygen atoms in total. The molecule has 3 rings (SSSR count). The number of nitrogens with one attached hydrogen (secondary N) is 1. The van der Waals surface area contributed by atoms with Crippen molar-refractivity contribution in [2.24, 2.45) is 7.05 Å². The minimum atomic E-state index is -0.0848. The molecule has 1 aliphatic rings. The van der Waals surface area contributed by atoms with E-state index in [1.165, 1.54) is 0 Å². The summed E-state index contributed by atoms with van der Waals surface area (Å²) in [6, 6.07) is 9.55. The quantitative estimate of drug-likeness (QED) is 0.918. The zero-order valence-electron chi connectivity index (χ0n) is 15.9. The molecule has 2 heterocycles. The second-order valence-electron chi connectivity index (χ2n) is 7.83. The van der Waals surface area contributed by atoms with E-state index in [1.54, 1.807) is 9.58 Å². The van der Waals surface area contributed by atoms with Gasteiger partial charge in [0, 0.05) is 37.2 Å². The second-order valence-corrected chi connectivity index (χ2v) is 7.83. The Morgan fingerprint density at radius 1 is 1.23 bits per heavy atom. The van der Waals surface area contributed by atoms with Gasteiger partial charge in [0.25, 0.3) is 0 Å². The van der Waals surface area contributed by atoms with Crippen LogP contribution in [0.1, 0.15) is 44.9 Å². The summed E-state index contributed by atoms with van der Waals surface area (Å²) < 4.78 is 1.70. The lowest BCUT2D eigenvalue weighted by Gasteiger charge is -2.15. The van der Waals surface area contributed by atoms with Gasteiger partial charge in [0.2, 0.25) is 11.8 Å². The van der Waals surface area contributed by atoms with Crippen molar-refractivity contribution in [1.82, 2.24) is 9.78 Å². The average molecular weight is 354 g/mol. The lowest BCUT2D eigenvalue weighted by Crippen LogP contribution is -2.23. The van der Waals surface area contributed by atoms with Crippen molar-refractivity contribution >= 4 is 23.3 Å². The highest BCUT2D eigenvalue weighted by Gasteiger charge is 2.22. The Balaban J connectivity index is 1.63. The van der Waals surface area contributed by atoms with E-state index in [4.69, 9.17) is 0 Å². The molecule has 1 fully saturated rings. The summed E-state index contributed by atoms with van der Waals surface area (Å²) in [4.78, 5) is 26.0. The van der Waals surface area contributed by atoms with Gasteiger partial charge in [-0.25, -0.2) is 0 Å². The number of carbonyl (C=O) groups excluding carboxylic acids is 2. The molecule has 1 saturated heterocycles. The van der Waals surface area contributed by atoms with Gasteiger partial charge >= 0.3 is 0 Å². The summed E-state index contributed by atoms with van der Waals surface area (Å²) in [5.41, 5.74) is 2.69. The summed E-state index contributed by atoms with van der Waals surface area (Å²) in [6.45, 7) is 7.05. The number of aromatic nitrogens is 2. The van der Waals surface area contributed by atoms with Gasteiger partial charge in [0.1, 0.15) is 5.82 Å². The Labute approximate surface area is 154 Å². The second kappa shape index (κ2) is 6.94. The molecular weight excluding hydrogens is 328 g/mol. The summed E-state index contributed by atoms with van der Waals surface area (Å²) in [7, 11) is 1.83. The summed E-state index contributed by atoms with van der Waals surface area (Å²) in [5.74, 6) is 0.777. The third-order valence-electron chi connectivity index (χ3n) is 4.60. The van der Waals surface area contributed by atoms with Gasteiger partial charge in [0.05, 0.1) is 12.1 Å². The van der Waals surface area contributed by atoms with Crippen LogP contribution in [0.4, 0.5) is 11.5 Å². The predicted molar refractivity (Wildman–Crippen MR) is 102 cm³/mol. The molecule has 0 unspecified atom stereocenters. The fourth-order valence-electron chi connectivity index (χ4n) is 3.04. The highest BCUT2D eigenvalue weighted by atomic mass is 16.2. The van der Waals surface area contributed by atoms with Crippen LogP contribution < -0.4 is 10.2 Å². The van der Waals surface area contributed by atoms with Gasteiger partial charge < -0.3 is 10.2 Å². The standard InChI is InChI=1S/C20H26N4O2/c1-20(2,3)16-13-17(23(4)22-16)21-18(25)12-14-7-9-15(10-8-14)24-11-5-6-19(24)26/h7-10,13H,5-6,11-12H2,1-4H3,(H,21,25). The first-order valence-corrected chi connectivity index (χ1v) is 8.98. The number of benzene rings is 1. The maximum Gasteiger partial charge on any atom is 0.229 e. The van der Waals surface area contributed by atoms with Gasteiger partial charge in [-0.2, -0.15) is 5.10 Å². The number of hydrogen-bond donors (Lipinski definition) is 1. The molecule has 0 spiro atoms. The zero-order chi connectivity index (χ0) is 18.9. The predicted octanol–water partition coefficient (Wildman–Crippen LogP) is 3.03. The van der Waals surface area contributed by atoms with Crippen LogP contribution >= 0.6 is 0 Å². The summed E-state index contributed by atoms with van der Waals surface area (Å²) in [5, 5.41) is 7.39. The van der Waals surface area contributed by atoms with E-state index in [0.717, 1.165) is 29.9 Å². The van der Waals surface area contributed by atoms with E-state index in [1.807, 2.05) is 37.4 Å². The molecule has 1 aromatic heterocycles. The number of hydrogen-bond acceptors (Lipinski definition) is 3. The van der Waals surface area contributed by atoms with E-state index >= 15 is 0 Å². The fraction of sp³-hybridized carbons (Fsp3) is 0.450. The first kappa shape index (κ1) is 18.2. The van der Waals surface area contributed by atoms with Crippen LogP contribution in [-0.4, -0.2) is 28.1 Å². The van der Waals surface area contributed by atoms with Crippen LogP contribution in [0.15, 0.2) is 30.3 Å². The highest BCUT2D eigenvalue weighted by Crippen LogP contribution is 2.24. The third-order valence-corrected chi connectivity index (χ3v) is 4.60. The fourth-order valence-corrected chi connectivity index (χ4v) is 3.04. The van der Waals surface area contributed by atoms with Crippen molar-refractivity contribution in [3.05, 3.63) is 41.6 Å². The third kappa shape index (κ3) is 3.95. The minimum Gasteiger partial charge on any atom is -0.312 e. The Hall–Kier alpha value is -2.63. The molecule has 6 heteroatoms. The maximum atomic E-state index is 12.4. The largest absolute Gasteiger partial charge is 0.312 e. The molecule has 1 aromatic carbocycles. The molecule has 0 saturated carbocycles. The van der Waals surface area contributed by atoms with Crippen molar-refractivity contribution < 1.29 is 9.59 Å². The molecule has 26 heavy (non-hydrogen) atoms. The van der Waals surface area contributed by atoms with E-state index in [2.05, 4.69) is 31.2 Å². The zero-order valence-corrected chi connectivity index (χ0v) is 15.9. The topological polar surface area (TPSA) is 67.2 Å². The maximum absolute atomic E-state index is 12.4. The Morgan fingerprint density at radius 3 is 2.46 bits per heavy atom. The van der Waals surface area contributed by atoms with Gasteiger partial charge in [0.15, 0.2) is 0 Å². The molecule has 0 bridgehead atoms. The minimum absolute atomic E-state index is 0.0659. The summed E-state index contributed by atoms with van der Waals surface area (Å²) >= 11 is 0. The molecule has 0 aliphatic carbocycles. The van der Waals surface area contributed by atoms with Gasteiger partial charge in [-0.15, -0.1) is 0 Å². The van der Waals surface area contributed by atoms with Crippen LogP contribution in [0.5, 0.6) is 0 Å². The SMILES string of the molecule is Cn1nc(C(C)(C)C)cc1NC(=O)Cc1ccc(N2CCCC2=O)cc1. The normalized spacial score (nSPS) is 14.8. The highest BCUT2D eigenvalue weighted by molar-refractivity contribution is 5.95. The first-order chi connectivity index (χ1) is 12.2. The van der Waals surface area contributed by atoms with Gasteiger partial charge in [-0.3, -0.25) is 14.3 Å². The Bertz CT molecular complexity index is 815. The molecule has 0 atom stereocenters. The lowest BCUT2D eigenvalue weighted by atomic mass is 9.92. The number of aryl methyl sites for hydroxylation is 1. The summed E-state index contributed by atoms with van der Waals surface area (Å²) in [6.07, 6.45) is 1.81. The van der Waals surface area contributed by atoms with Crippen molar-refractivity contribution in [3.8, 4) is 0 Å². The number of amides is 2. The van der Waals surface area contributed by atoms with Crippen LogP contribution in [-0.2, 0) is 28.5 Å². The molecule has 1 N–H and O–H groups in total. The van der Waals surface area contributed by atoms with Gasteiger partial charge in [-0.1, -0.05) is 32.9 Å².